The molecule has 35 heavy (non-hydrogen) atoms. The first-order valence-corrected chi connectivity index (χ1v) is 11.2. The lowest BCUT2D eigenvalue weighted by atomic mass is 10.1. The van der Waals surface area contributed by atoms with Crippen LogP contribution in [0.5, 0.6) is 0 Å². The number of nitrogens with zero attached hydrogens (tertiary/aromatic N) is 7. The zero-order valence-corrected chi connectivity index (χ0v) is 19.1. The van der Waals surface area contributed by atoms with Crippen LogP contribution in [0.4, 0.5) is 14.5 Å². The molecule has 0 aromatic carbocycles. The molecule has 178 valence electrons. The minimum Gasteiger partial charge on any atom is -0.376 e. The standard InChI is InChI=1S/C24H22F2N8O/c1-31(2)15-8-16(18-9-14-4-3-5-21(23(25)26)34(14)30-18)22-10-19(29-33(22)11-15)24(35)32-7-6-17-20(12-32)28-13-27-17/h3-5,8-11,13,23H,6-7,12H2,1-2H3,(H,27,28). The van der Waals surface area contributed by atoms with E-state index in [9.17, 15) is 13.6 Å². The number of H-pyrrole nitrogens is 1. The molecule has 5 aromatic rings. The van der Waals surface area contributed by atoms with E-state index >= 15 is 0 Å². The maximum atomic E-state index is 13.5. The van der Waals surface area contributed by atoms with E-state index < -0.39 is 6.43 Å². The topological polar surface area (TPSA) is 86.8 Å². The summed E-state index contributed by atoms with van der Waals surface area (Å²) in [7, 11) is 3.79. The van der Waals surface area contributed by atoms with Crippen LogP contribution >= 0.6 is 0 Å². The van der Waals surface area contributed by atoms with E-state index in [1.807, 2.05) is 31.3 Å². The molecule has 1 N–H and O–H groups in total. The van der Waals surface area contributed by atoms with Crippen molar-refractivity contribution in [1.29, 1.82) is 0 Å². The van der Waals surface area contributed by atoms with Crippen molar-refractivity contribution in [2.24, 2.45) is 0 Å². The fourth-order valence-electron chi connectivity index (χ4n) is 4.51. The molecule has 0 radical (unpaired) electrons. The van der Waals surface area contributed by atoms with Crippen LogP contribution in [0.1, 0.15) is 34.0 Å². The number of hydrogen-bond acceptors (Lipinski definition) is 5. The Hall–Kier alpha value is -4.28. The fraction of sp³-hybridized carbons (Fsp3) is 0.250. The van der Waals surface area contributed by atoms with Crippen LogP contribution in [0.15, 0.2) is 48.9 Å². The van der Waals surface area contributed by atoms with Crippen molar-refractivity contribution >= 4 is 22.6 Å². The minimum absolute atomic E-state index is 0.180. The lowest BCUT2D eigenvalue weighted by Gasteiger charge is -2.25. The predicted octanol–water partition coefficient (Wildman–Crippen LogP) is 3.57. The Balaban J connectivity index is 1.46. The Kier molecular flexibility index (Phi) is 4.80. The van der Waals surface area contributed by atoms with Gasteiger partial charge in [-0.15, -0.1) is 0 Å². The molecule has 1 aliphatic heterocycles. The first-order valence-electron chi connectivity index (χ1n) is 11.2. The number of aromatic amines is 1. The summed E-state index contributed by atoms with van der Waals surface area (Å²) >= 11 is 0. The molecule has 0 spiro atoms. The second-order valence-corrected chi connectivity index (χ2v) is 8.79. The number of amides is 1. The molecule has 1 aliphatic rings. The van der Waals surface area contributed by atoms with Crippen molar-refractivity contribution in [2.75, 3.05) is 25.5 Å². The molecular formula is C24H22F2N8O. The summed E-state index contributed by atoms with van der Waals surface area (Å²) in [6.07, 6.45) is 1.53. The Morgan fingerprint density at radius 2 is 2.03 bits per heavy atom. The summed E-state index contributed by atoms with van der Waals surface area (Å²) in [5.41, 5.74) is 5.31. The van der Waals surface area contributed by atoms with Crippen LogP contribution in [0.3, 0.4) is 0 Å². The largest absolute Gasteiger partial charge is 0.376 e. The van der Waals surface area contributed by atoms with Crippen molar-refractivity contribution in [1.82, 2.24) is 34.1 Å². The predicted molar refractivity (Wildman–Crippen MR) is 126 cm³/mol. The average Bonchev–Trinajstić information content (AvgIpc) is 3.59. The monoisotopic (exact) mass is 476 g/mol. The van der Waals surface area contributed by atoms with E-state index in [1.165, 1.54) is 10.6 Å². The molecule has 6 heterocycles. The first kappa shape index (κ1) is 21.3. The highest BCUT2D eigenvalue weighted by atomic mass is 19.3. The van der Waals surface area contributed by atoms with Crippen LogP contribution < -0.4 is 4.90 Å². The average molecular weight is 476 g/mol. The third-order valence-electron chi connectivity index (χ3n) is 6.38. The molecule has 5 aromatic heterocycles. The number of carbonyl (C=O) groups is 1. The van der Waals surface area contributed by atoms with Crippen LogP contribution in [0, 0.1) is 0 Å². The van der Waals surface area contributed by atoms with Crippen molar-refractivity contribution in [3.05, 3.63) is 71.7 Å². The number of halogens is 2. The minimum atomic E-state index is -2.65. The van der Waals surface area contributed by atoms with E-state index in [0.717, 1.165) is 17.1 Å². The van der Waals surface area contributed by atoms with Gasteiger partial charge in [-0.3, -0.25) is 4.79 Å². The fourth-order valence-corrected chi connectivity index (χ4v) is 4.51. The Morgan fingerprint density at radius 3 is 2.83 bits per heavy atom. The van der Waals surface area contributed by atoms with Crippen LogP contribution in [-0.4, -0.2) is 60.6 Å². The summed E-state index contributed by atoms with van der Waals surface area (Å²) in [4.78, 5) is 24.4. The smallest absolute Gasteiger partial charge is 0.280 e. The zero-order chi connectivity index (χ0) is 24.3. The first-order chi connectivity index (χ1) is 16.9. The number of nitrogens with one attached hydrogen (secondary N) is 1. The molecule has 0 unspecified atom stereocenters. The zero-order valence-electron chi connectivity index (χ0n) is 19.1. The van der Waals surface area contributed by atoms with Gasteiger partial charge >= 0.3 is 0 Å². The van der Waals surface area contributed by atoms with Crippen molar-refractivity contribution in [3.8, 4) is 11.3 Å². The summed E-state index contributed by atoms with van der Waals surface area (Å²) < 4.78 is 30.0. The molecule has 9 nitrogen and oxygen atoms in total. The van der Waals surface area contributed by atoms with Gasteiger partial charge in [-0.1, -0.05) is 6.07 Å². The van der Waals surface area contributed by atoms with Crippen LogP contribution in [0.2, 0.25) is 0 Å². The molecule has 1 amide bonds. The maximum Gasteiger partial charge on any atom is 0.280 e. The molecule has 0 saturated heterocycles. The number of rotatable bonds is 4. The normalized spacial score (nSPS) is 13.7. The number of alkyl halides is 2. The van der Waals surface area contributed by atoms with E-state index in [0.29, 0.717) is 47.5 Å². The van der Waals surface area contributed by atoms with E-state index in [-0.39, 0.29) is 11.6 Å². The second-order valence-electron chi connectivity index (χ2n) is 8.79. The number of anilines is 1. The summed E-state index contributed by atoms with van der Waals surface area (Å²) in [6, 6.07) is 10.1. The molecule has 11 heteroatoms. The van der Waals surface area contributed by atoms with Crippen LogP contribution in [0.25, 0.3) is 22.3 Å². The molecule has 6 rings (SSSR count). The quantitative estimate of drug-likeness (QED) is 0.429. The van der Waals surface area contributed by atoms with Crippen molar-refractivity contribution in [3.63, 3.8) is 0 Å². The third kappa shape index (κ3) is 3.50. The molecule has 0 fully saturated rings. The van der Waals surface area contributed by atoms with Crippen molar-refractivity contribution < 1.29 is 13.6 Å². The molecule has 0 atom stereocenters. The summed E-state index contributed by atoms with van der Waals surface area (Å²) in [6.45, 7) is 0.991. The Bertz CT molecular complexity index is 1580. The number of hydrogen-bond donors (Lipinski definition) is 1. The third-order valence-corrected chi connectivity index (χ3v) is 6.38. The van der Waals surface area contributed by atoms with Gasteiger partial charge in [0.15, 0.2) is 5.69 Å². The van der Waals surface area contributed by atoms with Gasteiger partial charge in [-0.25, -0.2) is 22.8 Å². The molecule has 0 bridgehead atoms. The van der Waals surface area contributed by atoms with Gasteiger partial charge in [0.25, 0.3) is 12.3 Å². The Labute approximate surface area is 198 Å². The van der Waals surface area contributed by atoms with Crippen LogP contribution in [-0.2, 0) is 13.0 Å². The highest BCUT2D eigenvalue weighted by molar-refractivity contribution is 5.95. The van der Waals surface area contributed by atoms with Gasteiger partial charge in [-0.2, -0.15) is 10.2 Å². The van der Waals surface area contributed by atoms with E-state index in [2.05, 4.69) is 20.2 Å². The van der Waals surface area contributed by atoms with Gasteiger partial charge in [0.05, 0.1) is 47.2 Å². The lowest BCUT2D eigenvalue weighted by Crippen LogP contribution is -2.36. The SMILES string of the molecule is CN(C)c1cc(-c2cc3cccc(C(F)F)n3n2)c2cc(C(=O)N3CCc4[nH]cnc4C3)nn2c1. The van der Waals surface area contributed by atoms with E-state index in [1.54, 1.807) is 40.0 Å². The summed E-state index contributed by atoms with van der Waals surface area (Å²) in [5, 5.41) is 9.06. The van der Waals surface area contributed by atoms with Gasteiger partial charge in [0, 0.05) is 38.3 Å². The molecule has 0 aliphatic carbocycles. The van der Waals surface area contributed by atoms with Gasteiger partial charge in [0.1, 0.15) is 5.69 Å². The molecule has 0 saturated carbocycles. The maximum absolute atomic E-state index is 13.5. The number of imidazole rings is 1. The highest BCUT2D eigenvalue weighted by Crippen LogP contribution is 2.31. The summed E-state index contributed by atoms with van der Waals surface area (Å²) in [5.74, 6) is -0.185. The van der Waals surface area contributed by atoms with E-state index in [4.69, 9.17) is 0 Å². The Morgan fingerprint density at radius 1 is 1.17 bits per heavy atom. The lowest BCUT2D eigenvalue weighted by molar-refractivity contribution is 0.0725. The number of aromatic nitrogens is 6. The van der Waals surface area contributed by atoms with Gasteiger partial charge < -0.3 is 14.8 Å². The number of fused-ring (bicyclic) bond motifs is 3. The number of carbonyl (C=O) groups excluding carboxylic acids is 1. The van der Waals surface area contributed by atoms with Crippen molar-refractivity contribution in [2.45, 2.75) is 19.4 Å². The van der Waals surface area contributed by atoms with Gasteiger partial charge in [0.2, 0.25) is 0 Å². The van der Waals surface area contributed by atoms with Gasteiger partial charge in [-0.05, 0) is 30.3 Å². The molecular weight excluding hydrogens is 454 g/mol. The highest BCUT2D eigenvalue weighted by Gasteiger charge is 2.26. The number of pyridine rings is 2. The second kappa shape index (κ2) is 7.90.